The van der Waals surface area contributed by atoms with Gasteiger partial charge in [0.1, 0.15) is 49.6 Å². The van der Waals surface area contributed by atoms with Gasteiger partial charge < -0.3 is 70.8 Å². The molecule has 0 atom stereocenters. The fourth-order valence-corrected chi connectivity index (χ4v) is 21.1. The maximum atomic E-state index is 8.42. The molecule has 4 aliphatic rings. The predicted octanol–water partition coefficient (Wildman–Crippen LogP) is 24.4. The Labute approximate surface area is 823 Å². The monoisotopic (exact) mass is 1970 g/mol. The number of benzene rings is 4. The van der Waals surface area contributed by atoms with Crippen molar-refractivity contribution in [3.05, 3.63) is 53.3 Å². The second kappa shape index (κ2) is 49.0. The third-order valence-corrected chi connectivity index (χ3v) is 31.7. The Morgan fingerprint density at radius 2 is 0.754 bits per heavy atom. The molecule has 0 amide bonds. The molecular weight excluding hydrogens is 1810 g/mol. The Bertz CT molecular complexity index is 5280. The number of thioether (sulfide) groups is 3. The van der Waals surface area contributed by atoms with Crippen molar-refractivity contribution in [3.63, 3.8) is 0 Å². The van der Waals surface area contributed by atoms with Gasteiger partial charge in [-0.3, -0.25) is 0 Å². The summed E-state index contributed by atoms with van der Waals surface area (Å²) < 4.78 is 74.3. The van der Waals surface area contributed by atoms with E-state index in [1.165, 1.54) is 0 Å². The third-order valence-electron chi connectivity index (χ3n) is 26.7. The van der Waals surface area contributed by atoms with Crippen LogP contribution in [0.5, 0.6) is 40.2 Å². The van der Waals surface area contributed by atoms with Gasteiger partial charge in [0.05, 0.1) is 202 Å². The molecule has 723 valence electrons. The fraction of sp³-hybridized carbons (Fsp3) is 0.683. The summed E-state index contributed by atoms with van der Waals surface area (Å²) in [5.74, 6) is 8.57. The first kappa shape index (κ1) is 109. The maximum absolute atomic E-state index is 8.42. The van der Waals surface area contributed by atoms with E-state index in [0.29, 0.717) is 227 Å². The van der Waals surface area contributed by atoms with Gasteiger partial charge in [0.2, 0.25) is 5.82 Å². The van der Waals surface area contributed by atoms with E-state index in [4.69, 9.17) is 119 Å². The van der Waals surface area contributed by atoms with Gasteiger partial charge in [-0.2, -0.15) is 9.62 Å². The Morgan fingerprint density at radius 3 is 1.22 bits per heavy atom. The molecular formula is C101H158Cl4N12O9S3V+4. The number of halogens is 4. The molecule has 0 saturated carbocycles. The standard InChI is InChI=1S/C101H158Cl4N12O9S3.V/c1-29-114(25,30-2)46-37-38-70-80(102)87(122-53-42-65(15)16)79-78(84(70)119-50-39-62(9)10)101-111-100-77-72(71(61-118-60-69(23)24)91(127-57-47-115(26,31-3)32-4)81(103)88(77)123-54-43-66(17)18)98-109-96-74-75(89(124-55-44-67(19)20)92(128-58-48-116(27,33-5)34-6)83(105)86(74)121-52-41-64(13)14)95(108-96)106-94-73-76(97(107-94)110-99(79)113(101)126-112(98)100)90(125-56-45-68(21)22)93(129-59-49-117(28,35-7)36-8)82(104)85(73)120-51-40-63(11)12;/h62-69H,29-61H2,1-28H3;/q+4;. The first-order valence-corrected chi connectivity index (χ1v) is 53.1. The summed E-state index contributed by atoms with van der Waals surface area (Å²) in [5.41, 5.74) is 3.33. The van der Waals surface area contributed by atoms with Crippen molar-refractivity contribution in [2.24, 2.45) is 67.3 Å². The van der Waals surface area contributed by atoms with Crippen LogP contribution in [-0.2, 0) is 36.3 Å². The van der Waals surface area contributed by atoms with Gasteiger partial charge in [0.25, 0.3) is 11.5 Å². The molecule has 21 nitrogen and oxygen atoms in total. The quantitative estimate of drug-likeness (QED) is 0.0200. The number of aromatic nitrogens is 4. The smallest absolute Gasteiger partial charge is 0.286 e. The van der Waals surface area contributed by atoms with Crippen LogP contribution >= 0.6 is 81.7 Å². The van der Waals surface area contributed by atoms with Crippen molar-refractivity contribution in [2.75, 3.05) is 177 Å². The molecule has 4 aliphatic heterocycles. The third kappa shape index (κ3) is 25.8. The van der Waals surface area contributed by atoms with E-state index in [1.54, 1.807) is 44.6 Å². The number of fused-ring (bicyclic) bond motifs is 15. The number of quaternary nitrogens is 4. The molecule has 0 unspecified atom stereocenters. The van der Waals surface area contributed by atoms with Gasteiger partial charge in [-0.1, -0.05) is 167 Å². The number of nitrogens with zero attached hydrogens (tertiary/aromatic N) is 12. The van der Waals surface area contributed by atoms with Gasteiger partial charge in [-0.05, 0) is 159 Å². The summed E-state index contributed by atoms with van der Waals surface area (Å²) in [7, 11) is 9.27. The number of amidine groups is 2. The topological polar surface area (TPSA) is 172 Å². The number of rotatable bonds is 56. The second-order valence-corrected chi connectivity index (χ2v) is 44.9. The van der Waals surface area contributed by atoms with Crippen molar-refractivity contribution >= 4 is 143 Å². The van der Waals surface area contributed by atoms with E-state index in [1.807, 2.05) is 0 Å². The molecule has 2 aromatic heterocycles. The van der Waals surface area contributed by atoms with Crippen molar-refractivity contribution in [1.29, 1.82) is 0 Å². The van der Waals surface area contributed by atoms with Crippen molar-refractivity contribution in [3.8, 4) is 46.1 Å². The van der Waals surface area contributed by atoms with Crippen molar-refractivity contribution in [2.45, 2.75) is 245 Å². The molecule has 4 aromatic carbocycles. The summed E-state index contributed by atoms with van der Waals surface area (Å²) in [6.07, 6.45) is 6.33. The maximum Gasteiger partial charge on any atom is 0.286 e. The summed E-state index contributed by atoms with van der Waals surface area (Å²) in [6.45, 7) is 67.2. The van der Waals surface area contributed by atoms with Crippen LogP contribution in [0.15, 0.2) is 39.3 Å². The minimum absolute atomic E-state index is 0. The van der Waals surface area contributed by atoms with Crippen molar-refractivity contribution < 1.29 is 83.8 Å². The molecule has 10 rings (SSSR count). The first-order valence-electron chi connectivity index (χ1n) is 48.7. The average molecular weight is 1970 g/mol. The van der Waals surface area contributed by atoms with Gasteiger partial charge >= 0.3 is 0 Å². The largest absolute Gasteiger partial charge is 0.492 e. The van der Waals surface area contributed by atoms with Crippen LogP contribution in [0, 0.1) is 47.3 Å². The summed E-state index contributed by atoms with van der Waals surface area (Å²) in [6, 6.07) is 0. The number of hydrogen-bond donors (Lipinski definition) is 0. The average Bonchev–Trinajstić information content (AvgIpc) is 1.53. The molecule has 1 radical (unpaired) electrons. The molecule has 0 aliphatic carbocycles. The van der Waals surface area contributed by atoms with Crippen LogP contribution in [-0.4, -0.2) is 216 Å². The minimum atomic E-state index is 0. The molecule has 0 saturated heterocycles. The Kier molecular flexibility index (Phi) is 41.0. The minimum Gasteiger partial charge on any atom is -0.492 e. The van der Waals surface area contributed by atoms with Crippen molar-refractivity contribution in [1.82, 2.24) is 14.5 Å². The van der Waals surface area contributed by atoms with Crippen LogP contribution < -0.4 is 53.9 Å². The SMILES string of the molecule is CC[N+](C)(CC)CCCc1c(Cl)c(OCCC(C)C)c2c3n4o[n+]5c(c6c(COCC(C)C)c(SCC[N+](C)(CC)CC)c(Cl)c(OCCC(C)C)c6c-5nc4c2c1OCCC(C)C)N=c1[n-]c(c2c(OCCC(C)C)c(SCC[N+](C)(CC)CC)c(Cl)c(OCCC(C)C)c12)=NC1=NC(=N3)c2c(OCCC(C)C)c(SCC[N+](C)(CC)CC)c(Cl)c(OCCC(C)C)c21.[V]. The van der Waals surface area contributed by atoms with Gasteiger partial charge in [0.15, 0.2) is 23.2 Å². The molecule has 6 aromatic rings. The van der Waals surface area contributed by atoms with Crippen LogP contribution in [0.4, 0.5) is 11.6 Å². The van der Waals surface area contributed by atoms with E-state index in [0.717, 1.165) is 145 Å². The normalized spacial score (nSPS) is 13.4. The summed E-state index contributed by atoms with van der Waals surface area (Å²) in [5, 5.41) is 4.84. The van der Waals surface area contributed by atoms with Crippen LogP contribution in [0.3, 0.4) is 0 Å². The van der Waals surface area contributed by atoms with E-state index in [-0.39, 0.29) is 101 Å². The first-order chi connectivity index (χ1) is 61.3. The predicted molar refractivity (Wildman–Crippen MR) is 542 cm³/mol. The molecule has 0 fully saturated rings. The van der Waals surface area contributed by atoms with E-state index < -0.39 is 0 Å². The number of ether oxygens (including phenoxy) is 8. The van der Waals surface area contributed by atoms with E-state index >= 15 is 0 Å². The zero-order valence-electron chi connectivity index (χ0n) is 84.2. The van der Waals surface area contributed by atoms with Crippen LogP contribution in [0.2, 0.25) is 20.1 Å². The Morgan fingerprint density at radius 1 is 0.385 bits per heavy atom. The van der Waals surface area contributed by atoms with Crippen LogP contribution in [0.1, 0.15) is 240 Å². The molecule has 130 heavy (non-hydrogen) atoms. The number of aliphatic imine (C=N–C) groups is 2. The molecule has 29 heteroatoms. The fourth-order valence-electron chi connectivity index (χ4n) is 15.7. The molecule has 6 bridgehead atoms. The molecule has 0 N–H and O–H groups in total. The Hall–Kier alpha value is -4.77. The summed E-state index contributed by atoms with van der Waals surface area (Å²) in [4.78, 5) is 38.5. The molecule has 0 spiro atoms. The summed E-state index contributed by atoms with van der Waals surface area (Å²) >= 11 is 38.6. The zero-order chi connectivity index (χ0) is 94.3. The van der Waals surface area contributed by atoms with Gasteiger partial charge in [0, 0.05) is 92.0 Å². The van der Waals surface area contributed by atoms with Crippen LogP contribution in [0.25, 0.3) is 43.8 Å². The zero-order valence-corrected chi connectivity index (χ0v) is 91.0. The van der Waals surface area contributed by atoms with E-state index in [2.05, 4.69) is 194 Å². The van der Waals surface area contributed by atoms with Gasteiger partial charge in [-0.25, -0.2) is 4.99 Å². The Balaban J connectivity index is 0.0000190. The molecule has 6 heterocycles. The number of hydrogen-bond acceptors (Lipinski definition) is 17. The van der Waals surface area contributed by atoms with E-state index in [9.17, 15) is 0 Å². The van der Waals surface area contributed by atoms with Gasteiger partial charge in [-0.15, -0.1) is 35.3 Å². The second-order valence-electron chi connectivity index (χ2n) is 40.1.